The smallest absolute Gasteiger partial charge is 0.136 e. The van der Waals surface area contributed by atoms with Crippen LogP contribution >= 0.6 is 0 Å². The molecular weight excluding hydrogens is 185 g/mol. The van der Waals surface area contributed by atoms with E-state index in [2.05, 4.69) is 0 Å². The number of halogens is 1. The number of hydrogen-bond acceptors (Lipinski definition) is 3. The molecule has 1 rings (SSSR count). The third kappa shape index (κ3) is 2.21. The summed E-state index contributed by atoms with van der Waals surface area (Å²) in [5, 5.41) is 9.71. The number of nitrogens with zero attached hydrogens (tertiary/aromatic N) is 1. The van der Waals surface area contributed by atoms with Gasteiger partial charge in [-0.2, -0.15) is 0 Å². The summed E-state index contributed by atoms with van der Waals surface area (Å²) in [6, 6.07) is 4.06. The van der Waals surface area contributed by atoms with Crippen molar-refractivity contribution in [3.63, 3.8) is 0 Å². The van der Waals surface area contributed by atoms with Crippen molar-refractivity contribution >= 4 is 0 Å². The Hall–Kier alpha value is -1.13. The van der Waals surface area contributed by atoms with Crippen LogP contribution in [-0.2, 0) is 0 Å². The maximum atomic E-state index is 12.9. The second-order valence-corrected chi connectivity index (χ2v) is 3.22. The van der Waals surface area contributed by atoms with Crippen molar-refractivity contribution in [2.24, 2.45) is 0 Å². The van der Waals surface area contributed by atoms with Gasteiger partial charge in [0.05, 0.1) is 7.11 Å². The van der Waals surface area contributed by atoms with E-state index in [1.165, 1.54) is 25.3 Å². The fraction of sp³-hybridized carbons (Fsp3) is 0.400. The molecule has 0 saturated carbocycles. The van der Waals surface area contributed by atoms with Crippen LogP contribution in [0.3, 0.4) is 0 Å². The molecule has 1 atom stereocenters. The molecule has 0 spiro atoms. The van der Waals surface area contributed by atoms with Gasteiger partial charge in [-0.3, -0.25) is 4.90 Å². The molecule has 0 aliphatic rings. The van der Waals surface area contributed by atoms with E-state index in [0.29, 0.717) is 11.3 Å². The van der Waals surface area contributed by atoms with Crippen molar-refractivity contribution in [2.75, 3.05) is 21.2 Å². The monoisotopic (exact) mass is 199 g/mol. The number of methoxy groups -OCH3 is 1. The Morgan fingerprint density at radius 2 is 2.07 bits per heavy atom. The Morgan fingerprint density at radius 3 is 2.57 bits per heavy atom. The van der Waals surface area contributed by atoms with Gasteiger partial charge in [0, 0.05) is 5.56 Å². The summed E-state index contributed by atoms with van der Waals surface area (Å²) in [6.45, 7) is 0. The van der Waals surface area contributed by atoms with Crippen LogP contribution in [-0.4, -0.2) is 31.2 Å². The molecule has 3 nitrogen and oxygen atoms in total. The molecule has 0 amide bonds. The van der Waals surface area contributed by atoms with Gasteiger partial charge < -0.3 is 9.84 Å². The van der Waals surface area contributed by atoms with Crippen molar-refractivity contribution in [3.05, 3.63) is 29.6 Å². The molecule has 0 radical (unpaired) electrons. The molecule has 1 unspecified atom stereocenters. The summed E-state index contributed by atoms with van der Waals surface area (Å²) < 4.78 is 17.9. The van der Waals surface area contributed by atoms with Crippen molar-refractivity contribution in [2.45, 2.75) is 6.23 Å². The summed E-state index contributed by atoms with van der Waals surface area (Å²) >= 11 is 0. The highest BCUT2D eigenvalue weighted by atomic mass is 19.1. The van der Waals surface area contributed by atoms with Crippen LogP contribution in [0, 0.1) is 5.82 Å². The van der Waals surface area contributed by atoms with Gasteiger partial charge in [0.1, 0.15) is 17.8 Å². The molecule has 14 heavy (non-hydrogen) atoms. The van der Waals surface area contributed by atoms with E-state index in [1.807, 2.05) is 0 Å². The van der Waals surface area contributed by atoms with E-state index in [4.69, 9.17) is 4.74 Å². The molecule has 1 aromatic rings. The van der Waals surface area contributed by atoms with Crippen LogP contribution in [0.5, 0.6) is 5.75 Å². The number of ether oxygens (including phenoxy) is 1. The predicted octanol–water partition coefficient (Wildman–Crippen LogP) is 1.39. The molecule has 1 N–H and O–H groups in total. The first-order chi connectivity index (χ1) is 6.56. The van der Waals surface area contributed by atoms with Crippen LogP contribution in [0.1, 0.15) is 11.8 Å². The highest BCUT2D eigenvalue weighted by Crippen LogP contribution is 2.26. The molecule has 0 fully saturated rings. The third-order valence-electron chi connectivity index (χ3n) is 1.96. The first-order valence-electron chi connectivity index (χ1n) is 4.24. The lowest BCUT2D eigenvalue weighted by molar-refractivity contribution is 0.0372. The van der Waals surface area contributed by atoms with E-state index in [-0.39, 0.29) is 5.82 Å². The van der Waals surface area contributed by atoms with Crippen molar-refractivity contribution < 1.29 is 14.2 Å². The van der Waals surface area contributed by atoms with Gasteiger partial charge in [-0.1, -0.05) is 0 Å². The largest absolute Gasteiger partial charge is 0.496 e. The van der Waals surface area contributed by atoms with Crippen LogP contribution in [0.25, 0.3) is 0 Å². The van der Waals surface area contributed by atoms with Gasteiger partial charge in [0.2, 0.25) is 0 Å². The summed E-state index contributed by atoms with van der Waals surface area (Å²) in [6.07, 6.45) is -0.861. The number of rotatable bonds is 3. The third-order valence-corrected chi connectivity index (χ3v) is 1.96. The Morgan fingerprint density at radius 1 is 1.43 bits per heavy atom. The average molecular weight is 199 g/mol. The van der Waals surface area contributed by atoms with Crippen molar-refractivity contribution in [1.29, 1.82) is 0 Å². The van der Waals surface area contributed by atoms with E-state index in [1.54, 1.807) is 19.0 Å². The fourth-order valence-corrected chi connectivity index (χ4v) is 1.19. The quantitative estimate of drug-likeness (QED) is 0.747. The zero-order valence-electron chi connectivity index (χ0n) is 8.49. The van der Waals surface area contributed by atoms with Crippen molar-refractivity contribution in [1.82, 2.24) is 4.90 Å². The lowest BCUT2D eigenvalue weighted by Gasteiger charge is -2.20. The number of hydrogen-bond donors (Lipinski definition) is 1. The lowest BCUT2D eigenvalue weighted by atomic mass is 10.1. The summed E-state index contributed by atoms with van der Waals surface area (Å²) in [4.78, 5) is 1.57. The average Bonchev–Trinajstić information content (AvgIpc) is 2.16. The molecule has 4 heteroatoms. The first kappa shape index (κ1) is 10.9. The molecule has 78 valence electrons. The van der Waals surface area contributed by atoms with Crippen LogP contribution in [0.15, 0.2) is 18.2 Å². The molecular formula is C10H14FNO2. The molecule has 0 saturated heterocycles. The minimum Gasteiger partial charge on any atom is -0.496 e. The normalized spacial score (nSPS) is 13.0. The molecule has 0 heterocycles. The highest BCUT2D eigenvalue weighted by molar-refractivity contribution is 5.35. The Balaban J connectivity index is 3.10. The van der Waals surface area contributed by atoms with Crippen LogP contribution in [0.4, 0.5) is 4.39 Å². The minimum atomic E-state index is -0.861. The van der Waals surface area contributed by atoms with E-state index in [9.17, 15) is 9.50 Å². The van der Waals surface area contributed by atoms with Gasteiger partial charge >= 0.3 is 0 Å². The number of aliphatic hydroxyl groups is 1. The zero-order chi connectivity index (χ0) is 10.7. The van der Waals surface area contributed by atoms with Gasteiger partial charge in [0.15, 0.2) is 0 Å². The summed E-state index contributed by atoms with van der Waals surface area (Å²) in [5.74, 6) is 0.0919. The summed E-state index contributed by atoms with van der Waals surface area (Å²) in [5.41, 5.74) is 0.428. The van der Waals surface area contributed by atoms with Gasteiger partial charge in [-0.05, 0) is 32.3 Å². The van der Waals surface area contributed by atoms with E-state index in [0.717, 1.165) is 0 Å². The molecule has 0 aromatic heterocycles. The Kier molecular flexibility index (Phi) is 3.43. The topological polar surface area (TPSA) is 32.7 Å². The van der Waals surface area contributed by atoms with Crippen LogP contribution < -0.4 is 4.74 Å². The first-order valence-corrected chi connectivity index (χ1v) is 4.24. The van der Waals surface area contributed by atoms with Crippen molar-refractivity contribution in [3.8, 4) is 5.75 Å². The Bertz CT molecular complexity index is 315. The SMILES string of the molecule is COc1ccc(F)cc1C(O)N(C)C. The maximum absolute atomic E-state index is 12.9. The fourth-order valence-electron chi connectivity index (χ4n) is 1.19. The standard InChI is InChI=1S/C10H14FNO2/c1-12(2)10(13)8-6-7(11)4-5-9(8)14-3/h4-6,10,13H,1-3H3. The number of benzene rings is 1. The van der Waals surface area contributed by atoms with Gasteiger partial charge in [-0.15, -0.1) is 0 Å². The summed E-state index contributed by atoms with van der Waals surface area (Å²) in [7, 11) is 4.89. The molecule has 0 aliphatic carbocycles. The van der Waals surface area contributed by atoms with Gasteiger partial charge in [-0.25, -0.2) is 4.39 Å². The minimum absolute atomic E-state index is 0.387. The second kappa shape index (κ2) is 4.39. The Labute approximate surface area is 82.7 Å². The van der Waals surface area contributed by atoms with E-state index >= 15 is 0 Å². The zero-order valence-corrected chi connectivity index (χ0v) is 8.49. The lowest BCUT2D eigenvalue weighted by Crippen LogP contribution is -2.20. The van der Waals surface area contributed by atoms with E-state index < -0.39 is 6.23 Å². The molecule has 0 bridgehead atoms. The predicted molar refractivity (Wildman–Crippen MR) is 51.6 cm³/mol. The highest BCUT2D eigenvalue weighted by Gasteiger charge is 2.15. The maximum Gasteiger partial charge on any atom is 0.136 e. The number of aliphatic hydroxyl groups excluding tert-OH is 1. The molecule has 1 aromatic carbocycles. The van der Waals surface area contributed by atoms with Gasteiger partial charge in [0.25, 0.3) is 0 Å². The molecule has 0 aliphatic heterocycles. The second-order valence-electron chi connectivity index (χ2n) is 3.22. The van der Waals surface area contributed by atoms with Crippen LogP contribution in [0.2, 0.25) is 0 Å².